The number of carbonyl (C=O) groups excluding carboxylic acids is 1. The van der Waals surface area contributed by atoms with Crippen molar-refractivity contribution in [3.63, 3.8) is 0 Å². The largest absolute Gasteiger partial charge is 0.550 e. The van der Waals surface area contributed by atoms with E-state index in [1.165, 1.54) is 19.3 Å². The molecule has 4 fully saturated rings. The van der Waals surface area contributed by atoms with Gasteiger partial charge in [0.15, 0.2) is 27.9 Å². The fourth-order valence-corrected chi connectivity index (χ4v) is 9.02. The highest BCUT2D eigenvalue weighted by atomic mass is 32.2. The molecule has 0 unspecified atom stereocenters. The molecule has 4 bridgehead atoms. The van der Waals surface area contributed by atoms with Crippen molar-refractivity contribution >= 4 is 16.9 Å². The number of hydrogen-bond donors (Lipinski definition) is 6. The Kier molecular flexibility index (Phi) is 6.73. The Hall–Kier alpha value is -3.72. The predicted octanol–water partition coefficient (Wildman–Crippen LogP) is 3.97. The molecule has 3 aromatic carbocycles. The summed E-state index contributed by atoms with van der Waals surface area (Å²) in [5.41, 5.74) is -0.394. The zero-order valence-electron chi connectivity index (χ0n) is 20.6. The van der Waals surface area contributed by atoms with Crippen molar-refractivity contribution < 1.29 is 40.5 Å². The molecule has 0 amide bonds. The first-order chi connectivity index (χ1) is 18.1. The van der Waals surface area contributed by atoms with E-state index in [1.54, 1.807) is 30.3 Å². The fourth-order valence-electron chi connectivity index (χ4n) is 6.84. The second kappa shape index (κ2) is 9.87. The zero-order chi connectivity index (χ0) is 27.2. The molecule has 0 aromatic heterocycles. The molecule has 4 aliphatic carbocycles. The van der Waals surface area contributed by atoms with E-state index in [9.17, 15) is 40.5 Å². The normalized spacial score (nSPS) is 25.1. The minimum atomic E-state index is -1.30. The van der Waals surface area contributed by atoms with Crippen LogP contribution in [0.2, 0.25) is 0 Å². The van der Waals surface area contributed by atoms with Gasteiger partial charge < -0.3 is 40.5 Å². The number of phenols is 6. The lowest BCUT2D eigenvalue weighted by atomic mass is 9.49. The molecular weight excluding hydrogens is 508 g/mol. The van der Waals surface area contributed by atoms with Crippen LogP contribution >= 0.6 is 0 Å². The molecule has 3 aromatic rings. The van der Waals surface area contributed by atoms with Gasteiger partial charge in [-0.1, -0.05) is 18.2 Å². The van der Waals surface area contributed by atoms with E-state index >= 15 is 0 Å². The van der Waals surface area contributed by atoms with Gasteiger partial charge in [0.05, 0.1) is 0 Å². The molecule has 0 saturated heterocycles. The van der Waals surface area contributed by atoms with E-state index < -0.39 is 45.3 Å². The molecule has 0 aliphatic heterocycles. The number of carboxylic acids is 1. The third-order valence-corrected chi connectivity index (χ3v) is 10.3. The van der Waals surface area contributed by atoms with Gasteiger partial charge in [-0.3, -0.25) is 0 Å². The van der Waals surface area contributed by atoms with E-state index in [4.69, 9.17) is 0 Å². The molecule has 0 radical (unpaired) electrons. The Bertz CT molecular complexity index is 1220. The fraction of sp³-hybridized carbons (Fsp3) is 0.345. The van der Waals surface area contributed by atoms with Crippen LogP contribution in [0.25, 0.3) is 0 Å². The van der Waals surface area contributed by atoms with Gasteiger partial charge in [0.25, 0.3) is 0 Å². The third-order valence-electron chi connectivity index (χ3n) is 7.93. The minimum Gasteiger partial charge on any atom is -0.550 e. The Balaban J connectivity index is 0.000000187. The third kappa shape index (κ3) is 4.78. The van der Waals surface area contributed by atoms with Crippen LogP contribution < -0.4 is 5.11 Å². The van der Waals surface area contributed by atoms with Crippen LogP contribution in [-0.2, 0) is 15.7 Å². The molecule has 0 heterocycles. The quantitative estimate of drug-likeness (QED) is 0.272. The summed E-state index contributed by atoms with van der Waals surface area (Å²) in [6.07, 6.45) is 6.65. The van der Waals surface area contributed by atoms with E-state index in [0.717, 1.165) is 43.5 Å². The van der Waals surface area contributed by atoms with Crippen molar-refractivity contribution in [3.8, 4) is 34.5 Å². The maximum absolute atomic E-state index is 11.1. The standard InChI is InChI=1S/C18H14O6S.C11H16O2/c19-10-6-13(21)17(14(22)7-10)25(12-4-2-1-3-5-12)18-15(23)8-11(20)9-16(18)24;12-10(13)11-4-7-1-8(5-11)3-9(2-7)6-11/h1-9H,(H5-,19,20,21,22,23,24);7-9H,1-6H2,(H,12,13). The molecule has 9 heteroatoms. The highest BCUT2D eigenvalue weighted by Gasteiger charge is 2.51. The van der Waals surface area contributed by atoms with Gasteiger partial charge >= 0.3 is 0 Å². The van der Waals surface area contributed by atoms with Gasteiger partial charge in [-0.25, -0.2) is 0 Å². The number of benzene rings is 3. The number of carbonyl (C=O) groups is 1. The van der Waals surface area contributed by atoms with Gasteiger partial charge in [0.2, 0.25) is 9.79 Å². The first-order valence-corrected chi connectivity index (χ1v) is 13.8. The summed E-state index contributed by atoms with van der Waals surface area (Å²) in [5, 5.41) is 71.3. The Morgan fingerprint density at radius 3 is 1.39 bits per heavy atom. The van der Waals surface area contributed by atoms with Crippen molar-refractivity contribution in [2.75, 3.05) is 0 Å². The van der Waals surface area contributed by atoms with Crippen molar-refractivity contribution in [1.82, 2.24) is 0 Å². The number of phenolic OH excluding ortho intramolecular Hbond substituents is 6. The smallest absolute Gasteiger partial charge is 0.250 e. The summed E-state index contributed by atoms with van der Waals surface area (Å²) in [4.78, 5) is 11.8. The van der Waals surface area contributed by atoms with E-state index in [0.29, 0.717) is 22.6 Å². The average molecular weight is 539 g/mol. The molecule has 7 rings (SSSR count). The lowest BCUT2D eigenvalue weighted by Gasteiger charge is -2.57. The number of carboxylic acid groups (broad SMARTS) is 1. The van der Waals surface area contributed by atoms with Gasteiger partial charge in [-0.05, 0) is 68.4 Å². The molecule has 6 N–H and O–H groups in total. The Labute approximate surface area is 222 Å². The first-order valence-electron chi connectivity index (χ1n) is 12.6. The summed E-state index contributed by atoms with van der Waals surface area (Å²) in [6, 6.07) is 12.9. The molecule has 0 spiro atoms. The highest BCUT2D eigenvalue weighted by Crippen LogP contribution is 2.59. The second-order valence-corrected chi connectivity index (χ2v) is 12.6. The Morgan fingerprint density at radius 2 is 1.05 bits per heavy atom. The maximum atomic E-state index is 11.1. The van der Waals surface area contributed by atoms with E-state index in [1.807, 2.05) is 0 Å². The summed E-state index contributed by atoms with van der Waals surface area (Å²) >= 11 is 0. The average Bonchev–Trinajstić information content (AvgIpc) is 2.82. The molecule has 8 nitrogen and oxygen atoms in total. The van der Waals surface area contributed by atoms with Crippen LogP contribution in [0.1, 0.15) is 38.5 Å². The molecular formula is C29H30O8S. The van der Waals surface area contributed by atoms with Crippen molar-refractivity contribution in [2.24, 2.45) is 23.2 Å². The van der Waals surface area contributed by atoms with Crippen molar-refractivity contribution in [3.05, 3.63) is 54.6 Å². The molecule has 0 atom stereocenters. The van der Waals surface area contributed by atoms with Crippen LogP contribution in [0.3, 0.4) is 0 Å². The maximum Gasteiger partial charge on any atom is 0.250 e. The lowest BCUT2D eigenvalue weighted by Crippen LogP contribution is -2.54. The minimum absolute atomic E-state index is 0.0280. The summed E-state index contributed by atoms with van der Waals surface area (Å²) in [5.74, 6) is -0.839. The summed E-state index contributed by atoms with van der Waals surface area (Å²) < 4.78 is 0. The monoisotopic (exact) mass is 538 g/mol. The number of hydrogen-bond acceptors (Lipinski definition) is 8. The van der Waals surface area contributed by atoms with Crippen LogP contribution in [0.4, 0.5) is 0 Å². The molecule has 38 heavy (non-hydrogen) atoms. The van der Waals surface area contributed by atoms with Crippen molar-refractivity contribution in [2.45, 2.75) is 53.2 Å². The van der Waals surface area contributed by atoms with Crippen LogP contribution in [0.5, 0.6) is 34.5 Å². The Morgan fingerprint density at radius 1 is 0.684 bits per heavy atom. The SMILES string of the molecule is O=C([O-])C12CC3CC(CC(C3)C1)C2.Oc1cc(O)c([S+](c2ccccc2)c2c(O)cc(O)cc2O)c(O)c1. The van der Waals surface area contributed by atoms with Gasteiger partial charge in [0.1, 0.15) is 22.4 Å². The highest BCUT2D eigenvalue weighted by molar-refractivity contribution is 7.97. The second-order valence-electron chi connectivity index (χ2n) is 10.7. The van der Waals surface area contributed by atoms with Gasteiger partial charge in [0, 0.05) is 35.6 Å². The zero-order valence-corrected chi connectivity index (χ0v) is 21.4. The van der Waals surface area contributed by atoms with E-state index in [2.05, 4.69) is 0 Å². The number of aromatic hydroxyl groups is 6. The predicted molar refractivity (Wildman–Crippen MR) is 137 cm³/mol. The molecule has 4 aliphatic rings. The lowest BCUT2D eigenvalue weighted by molar-refractivity contribution is -0.327. The van der Waals surface area contributed by atoms with E-state index in [-0.39, 0.29) is 21.3 Å². The number of aliphatic carboxylic acids is 1. The van der Waals surface area contributed by atoms with Crippen LogP contribution in [0.15, 0.2) is 69.3 Å². The van der Waals surface area contributed by atoms with Crippen LogP contribution in [-0.4, -0.2) is 36.6 Å². The van der Waals surface area contributed by atoms with Crippen molar-refractivity contribution in [1.29, 1.82) is 0 Å². The van der Waals surface area contributed by atoms with Gasteiger partial charge in [-0.2, -0.15) is 0 Å². The topological polar surface area (TPSA) is 162 Å². The molecule has 4 saturated carbocycles. The first kappa shape index (κ1) is 25.9. The number of rotatable bonds is 4. The van der Waals surface area contributed by atoms with Crippen LogP contribution in [0, 0.1) is 23.2 Å². The van der Waals surface area contributed by atoms with Gasteiger partial charge in [-0.15, -0.1) is 0 Å². The summed E-state index contributed by atoms with van der Waals surface area (Å²) in [6.45, 7) is 0. The summed E-state index contributed by atoms with van der Waals surface area (Å²) in [7, 11) is -1.30. The molecule has 200 valence electrons.